The van der Waals surface area contributed by atoms with Crippen molar-refractivity contribution in [3.8, 4) is 0 Å². The highest BCUT2D eigenvalue weighted by Gasteiger charge is 2.38. The molecule has 10 heteroatoms. The molecule has 1 fully saturated rings. The zero-order valence-corrected chi connectivity index (χ0v) is 14.2. The highest BCUT2D eigenvalue weighted by atomic mass is 19.4. The fraction of sp³-hybridized carbons (Fsp3) is 0.667. The minimum absolute atomic E-state index is 0.0928. The summed E-state index contributed by atoms with van der Waals surface area (Å²) in [7, 11) is 1.22. The third-order valence-corrected chi connectivity index (χ3v) is 4.51. The predicted octanol–water partition coefficient (Wildman–Crippen LogP) is 1.96. The van der Waals surface area contributed by atoms with Crippen LogP contribution in [0.5, 0.6) is 0 Å². The molecule has 0 saturated carbocycles. The summed E-state index contributed by atoms with van der Waals surface area (Å²) < 4.78 is 48.5. The van der Waals surface area contributed by atoms with Gasteiger partial charge in [-0.05, 0) is 19.3 Å². The Hall–Kier alpha value is -2.10. The molecule has 0 spiro atoms. The van der Waals surface area contributed by atoms with Crippen LogP contribution in [0.15, 0.2) is 11.0 Å². The van der Waals surface area contributed by atoms with E-state index in [-0.39, 0.29) is 24.1 Å². The summed E-state index contributed by atoms with van der Waals surface area (Å²) in [6.07, 6.45) is -2.89. The maximum Gasteiger partial charge on any atom is 0.433 e. The first kappa shape index (κ1) is 17.7. The monoisotopic (exact) mass is 359 g/mol. The van der Waals surface area contributed by atoms with Crippen molar-refractivity contribution >= 4 is 0 Å². The zero-order valence-electron chi connectivity index (χ0n) is 14.2. The second-order valence-corrected chi connectivity index (χ2v) is 6.24. The largest absolute Gasteiger partial charge is 0.433 e. The maximum atomic E-state index is 13.2. The number of halogens is 3. The number of alkyl halides is 3. The molecule has 3 heterocycles. The van der Waals surface area contributed by atoms with E-state index in [4.69, 9.17) is 4.74 Å². The second kappa shape index (κ2) is 6.32. The Labute approximate surface area is 142 Å². The number of nitrogens with zero attached hydrogens (tertiary/aromatic N) is 5. The van der Waals surface area contributed by atoms with E-state index >= 15 is 0 Å². The van der Waals surface area contributed by atoms with Crippen LogP contribution in [0.2, 0.25) is 0 Å². The van der Waals surface area contributed by atoms with Crippen LogP contribution < -0.4 is 5.69 Å². The van der Waals surface area contributed by atoms with E-state index in [0.717, 1.165) is 22.0 Å². The molecule has 0 unspecified atom stereocenters. The first-order valence-corrected chi connectivity index (χ1v) is 8.11. The number of aryl methyl sites for hydroxylation is 1. The van der Waals surface area contributed by atoms with E-state index in [1.165, 1.54) is 11.6 Å². The molecule has 0 radical (unpaired) electrons. The molecular formula is C15H20F3N5O2. The van der Waals surface area contributed by atoms with E-state index in [1.807, 2.05) is 6.92 Å². The van der Waals surface area contributed by atoms with Crippen molar-refractivity contribution in [1.29, 1.82) is 0 Å². The van der Waals surface area contributed by atoms with Crippen molar-refractivity contribution in [2.24, 2.45) is 13.0 Å². The Kier molecular flexibility index (Phi) is 4.48. The fourth-order valence-corrected chi connectivity index (χ4v) is 3.22. The summed E-state index contributed by atoms with van der Waals surface area (Å²) in [5, 5.41) is 7.95. The standard InChI is InChI=1S/C15H20F3N5O2/c1-4-22-13(11-9(2)5-6-25-11)20-23(14(22)24)8-10-7-19-21(3)12(10)15(16,17)18/h7,9,11H,4-6,8H2,1-3H3/t9-,11+/m1/s1. The fourth-order valence-electron chi connectivity index (χ4n) is 3.22. The molecule has 7 nitrogen and oxygen atoms in total. The van der Waals surface area contributed by atoms with Gasteiger partial charge >= 0.3 is 11.9 Å². The molecule has 138 valence electrons. The highest BCUT2D eigenvalue weighted by Crippen LogP contribution is 2.33. The van der Waals surface area contributed by atoms with Crippen LogP contribution in [0.25, 0.3) is 0 Å². The van der Waals surface area contributed by atoms with Crippen LogP contribution in [-0.2, 0) is 31.1 Å². The molecule has 0 amide bonds. The molecular weight excluding hydrogens is 339 g/mol. The third-order valence-electron chi connectivity index (χ3n) is 4.51. The van der Waals surface area contributed by atoms with Gasteiger partial charge < -0.3 is 4.74 Å². The summed E-state index contributed by atoms with van der Waals surface area (Å²) in [4.78, 5) is 12.6. The molecule has 2 aromatic heterocycles. The van der Waals surface area contributed by atoms with E-state index in [9.17, 15) is 18.0 Å². The Bertz CT molecular complexity index is 820. The first-order valence-electron chi connectivity index (χ1n) is 8.11. The Morgan fingerprint density at radius 3 is 2.68 bits per heavy atom. The van der Waals surface area contributed by atoms with Crippen LogP contribution in [-0.4, -0.2) is 30.7 Å². The average Bonchev–Trinajstić information content (AvgIpc) is 3.18. The summed E-state index contributed by atoms with van der Waals surface area (Å²) in [6, 6.07) is 0. The second-order valence-electron chi connectivity index (χ2n) is 6.24. The summed E-state index contributed by atoms with van der Waals surface area (Å²) in [5.41, 5.74) is -1.42. The molecule has 1 saturated heterocycles. The number of hydrogen-bond donors (Lipinski definition) is 0. The van der Waals surface area contributed by atoms with Crippen LogP contribution in [0.1, 0.15) is 43.5 Å². The predicted molar refractivity (Wildman–Crippen MR) is 81.9 cm³/mol. The number of aromatic nitrogens is 5. The number of hydrogen-bond acceptors (Lipinski definition) is 4. The van der Waals surface area contributed by atoms with Gasteiger partial charge in [0.1, 0.15) is 11.8 Å². The minimum Gasteiger partial charge on any atom is -0.370 e. The lowest BCUT2D eigenvalue weighted by atomic mass is 10.0. The zero-order chi connectivity index (χ0) is 18.4. The number of ether oxygens (including phenoxy) is 1. The molecule has 0 aliphatic carbocycles. The first-order chi connectivity index (χ1) is 11.7. The average molecular weight is 359 g/mol. The van der Waals surface area contributed by atoms with Crippen LogP contribution in [0, 0.1) is 5.92 Å². The molecule has 2 aromatic rings. The van der Waals surface area contributed by atoms with E-state index in [2.05, 4.69) is 10.2 Å². The summed E-state index contributed by atoms with van der Waals surface area (Å²) in [5.74, 6) is 0.666. The van der Waals surface area contributed by atoms with E-state index in [1.54, 1.807) is 6.92 Å². The van der Waals surface area contributed by atoms with Gasteiger partial charge in [0.15, 0.2) is 5.82 Å². The SMILES string of the molecule is CCn1c([C@H]2OCC[C@H]2C)nn(Cc2cnn(C)c2C(F)(F)F)c1=O. The molecule has 1 aliphatic rings. The van der Waals surface area contributed by atoms with Gasteiger partial charge in [0, 0.05) is 25.8 Å². The quantitative estimate of drug-likeness (QED) is 0.837. The van der Waals surface area contributed by atoms with Crippen molar-refractivity contribution in [2.45, 2.75) is 45.6 Å². The smallest absolute Gasteiger partial charge is 0.370 e. The third kappa shape index (κ3) is 3.10. The Morgan fingerprint density at radius 1 is 1.40 bits per heavy atom. The highest BCUT2D eigenvalue weighted by molar-refractivity contribution is 5.21. The van der Waals surface area contributed by atoms with Gasteiger partial charge in [0.05, 0.1) is 12.7 Å². The van der Waals surface area contributed by atoms with Gasteiger partial charge in [-0.2, -0.15) is 23.4 Å². The molecule has 2 atom stereocenters. The molecule has 0 N–H and O–H groups in total. The number of rotatable bonds is 4. The van der Waals surface area contributed by atoms with Crippen molar-refractivity contribution in [3.05, 3.63) is 33.8 Å². The minimum atomic E-state index is -4.55. The van der Waals surface area contributed by atoms with Gasteiger partial charge in [0.2, 0.25) is 0 Å². The van der Waals surface area contributed by atoms with Crippen molar-refractivity contribution < 1.29 is 17.9 Å². The lowest BCUT2D eigenvalue weighted by Gasteiger charge is -2.13. The van der Waals surface area contributed by atoms with Crippen molar-refractivity contribution in [2.75, 3.05) is 6.61 Å². The molecule has 25 heavy (non-hydrogen) atoms. The Balaban J connectivity index is 2.00. The van der Waals surface area contributed by atoms with Gasteiger partial charge in [-0.15, -0.1) is 0 Å². The lowest BCUT2D eigenvalue weighted by Crippen LogP contribution is -2.26. The van der Waals surface area contributed by atoms with E-state index < -0.39 is 17.6 Å². The molecule has 3 rings (SSSR count). The summed E-state index contributed by atoms with van der Waals surface area (Å²) in [6.45, 7) is 4.46. The summed E-state index contributed by atoms with van der Waals surface area (Å²) >= 11 is 0. The topological polar surface area (TPSA) is 66.9 Å². The van der Waals surface area contributed by atoms with Crippen molar-refractivity contribution in [1.82, 2.24) is 24.1 Å². The van der Waals surface area contributed by atoms with Gasteiger partial charge in [-0.3, -0.25) is 9.25 Å². The van der Waals surface area contributed by atoms with E-state index in [0.29, 0.717) is 19.0 Å². The Morgan fingerprint density at radius 2 is 2.12 bits per heavy atom. The van der Waals surface area contributed by atoms with Gasteiger partial charge in [-0.25, -0.2) is 9.48 Å². The molecule has 0 bridgehead atoms. The van der Waals surface area contributed by atoms with Gasteiger partial charge in [0.25, 0.3) is 0 Å². The van der Waals surface area contributed by atoms with Crippen LogP contribution in [0.4, 0.5) is 13.2 Å². The van der Waals surface area contributed by atoms with Gasteiger partial charge in [-0.1, -0.05) is 6.92 Å². The van der Waals surface area contributed by atoms with Crippen LogP contribution >= 0.6 is 0 Å². The maximum absolute atomic E-state index is 13.2. The van der Waals surface area contributed by atoms with Crippen molar-refractivity contribution in [3.63, 3.8) is 0 Å². The molecule has 1 aliphatic heterocycles. The normalized spacial score (nSPS) is 21.2. The van der Waals surface area contributed by atoms with Crippen LogP contribution in [0.3, 0.4) is 0 Å². The lowest BCUT2D eigenvalue weighted by molar-refractivity contribution is -0.144. The molecule has 0 aromatic carbocycles.